The molecule has 2 N–H and O–H groups in total. The largest absolute Gasteiger partial charge is 0.388 e. The van der Waals surface area contributed by atoms with Crippen molar-refractivity contribution in [2.45, 2.75) is 51.2 Å². The van der Waals surface area contributed by atoms with Crippen LogP contribution in [0.3, 0.4) is 0 Å². The summed E-state index contributed by atoms with van der Waals surface area (Å²) in [5.74, 6) is 0.0751. The Morgan fingerprint density at radius 2 is 2.30 bits per heavy atom. The minimum Gasteiger partial charge on any atom is -0.388 e. The van der Waals surface area contributed by atoms with Gasteiger partial charge >= 0.3 is 0 Å². The predicted molar refractivity (Wildman–Crippen MR) is 75.5 cm³/mol. The van der Waals surface area contributed by atoms with E-state index in [0.29, 0.717) is 11.5 Å². The van der Waals surface area contributed by atoms with Crippen molar-refractivity contribution >= 4 is 5.91 Å². The maximum Gasteiger partial charge on any atom is 0.223 e. The number of carbonyl (C=O) groups is 1. The second-order valence-corrected chi connectivity index (χ2v) is 5.81. The van der Waals surface area contributed by atoms with Crippen LogP contribution in [0.4, 0.5) is 4.39 Å². The van der Waals surface area contributed by atoms with Crippen LogP contribution in [0.15, 0.2) is 24.3 Å². The molecule has 0 aromatic heterocycles. The van der Waals surface area contributed by atoms with Gasteiger partial charge in [-0.3, -0.25) is 4.79 Å². The summed E-state index contributed by atoms with van der Waals surface area (Å²) in [7, 11) is 0. The van der Waals surface area contributed by atoms with Crippen molar-refractivity contribution in [1.82, 2.24) is 5.32 Å². The number of halogens is 1. The molecule has 2 rings (SSSR count). The Hall–Kier alpha value is -1.42. The van der Waals surface area contributed by atoms with Crippen LogP contribution in [-0.2, 0) is 4.79 Å². The minimum atomic E-state index is -0.952. The fraction of sp³-hybridized carbons (Fsp3) is 0.562. The molecule has 1 amide bonds. The monoisotopic (exact) mass is 279 g/mol. The summed E-state index contributed by atoms with van der Waals surface area (Å²) in [5.41, 5.74) is 0.442. The molecule has 1 aliphatic rings. The topological polar surface area (TPSA) is 49.3 Å². The van der Waals surface area contributed by atoms with Crippen LogP contribution in [-0.4, -0.2) is 17.1 Å². The number of carbonyl (C=O) groups excluding carboxylic acids is 1. The average molecular weight is 279 g/mol. The Morgan fingerprint density at radius 3 is 3.00 bits per heavy atom. The second-order valence-electron chi connectivity index (χ2n) is 5.81. The van der Waals surface area contributed by atoms with Gasteiger partial charge in [-0.1, -0.05) is 31.9 Å². The first kappa shape index (κ1) is 15.0. The third kappa shape index (κ3) is 4.30. The summed E-state index contributed by atoms with van der Waals surface area (Å²) in [6.07, 6.45) is 3.39. The number of amides is 1. The average Bonchev–Trinajstić information content (AvgIpc) is 2.38. The Bertz CT molecular complexity index is 464. The highest BCUT2D eigenvalue weighted by Gasteiger charge is 2.21. The van der Waals surface area contributed by atoms with E-state index in [2.05, 4.69) is 12.2 Å². The van der Waals surface area contributed by atoms with Gasteiger partial charge in [-0.05, 0) is 36.5 Å². The van der Waals surface area contributed by atoms with E-state index >= 15 is 0 Å². The van der Waals surface area contributed by atoms with E-state index in [4.69, 9.17) is 0 Å². The van der Waals surface area contributed by atoms with E-state index < -0.39 is 11.9 Å². The van der Waals surface area contributed by atoms with Crippen LogP contribution in [0.5, 0.6) is 0 Å². The van der Waals surface area contributed by atoms with Crippen molar-refractivity contribution < 1.29 is 14.3 Å². The molecule has 3 unspecified atom stereocenters. The van der Waals surface area contributed by atoms with Gasteiger partial charge in [0.05, 0.1) is 12.5 Å². The van der Waals surface area contributed by atoms with Gasteiger partial charge in [-0.15, -0.1) is 0 Å². The molecule has 0 aliphatic heterocycles. The highest BCUT2D eigenvalue weighted by Crippen LogP contribution is 2.24. The molecule has 0 saturated heterocycles. The molecule has 3 nitrogen and oxygen atoms in total. The number of aliphatic hydroxyl groups is 1. The highest BCUT2D eigenvalue weighted by molar-refractivity contribution is 5.77. The SMILES string of the molecule is CC1CCCC(NC(=O)CC(O)c2cccc(F)c2)C1. The summed E-state index contributed by atoms with van der Waals surface area (Å²) in [5, 5.41) is 12.9. The third-order valence-electron chi connectivity index (χ3n) is 3.91. The van der Waals surface area contributed by atoms with Crippen LogP contribution < -0.4 is 5.32 Å². The van der Waals surface area contributed by atoms with Crippen LogP contribution >= 0.6 is 0 Å². The van der Waals surface area contributed by atoms with Gasteiger partial charge in [0, 0.05) is 6.04 Å². The van der Waals surface area contributed by atoms with Crippen molar-refractivity contribution in [3.8, 4) is 0 Å². The standard InChI is InChI=1S/C16H22FNO2/c1-11-4-2-7-14(8-11)18-16(20)10-15(19)12-5-3-6-13(17)9-12/h3,5-6,9,11,14-15,19H,2,4,7-8,10H2,1H3,(H,18,20). The number of benzene rings is 1. The summed E-state index contributed by atoms with van der Waals surface area (Å²) in [6, 6.07) is 5.96. The second kappa shape index (κ2) is 6.84. The van der Waals surface area contributed by atoms with Gasteiger partial charge in [0.1, 0.15) is 5.82 Å². The first-order valence-corrected chi connectivity index (χ1v) is 7.27. The minimum absolute atomic E-state index is 0.0195. The molecule has 1 aliphatic carbocycles. The van der Waals surface area contributed by atoms with Crippen LogP contribution in [0.2, 0.25) is 0 Å². The lowest BCUT2D eigenvalue weighted by atomic mass is 9.87. The smallest absolute Gasteiger partial charge is 0.223 e. The first-order chi connectivity index (χ1) is 9.54. The van der Waals surface area contributed by atoms with Gasteiger partial charge in [0.15, 0.2) is 0 Å². The number of hydrogen-bond donors (Lipinski definition) is 2. The van der Waals surface area contributed by atoms with Gasteiger partial charge in [-0.25, -0.2) is 4.39 Å². The zero-order valence-corrected chi connectivity index (χ0v) is 11.8. The van der Waals surface area contributed by atoms with Crippen LogP contribution in [0, 0.1) is 11.7 Å². The van der Waals surface area contributed by atoms with E-state index in [1.807, 2.05) is 0 Å². The Kier molecular flexibility index (Phi) is 5.12. The van der Waals surface area contributed by atoms with Crippen molar-refractivity contribution in [3.05, 3.63) is 35.6 Å². The van der Waals surface area contributed by atoms with Gasteiger partial charge < -0.3 is 10.4 Å². The molecule has 0 bridgehead atoms. The van der Waals surface area contributed by atoms with E-state index in [-0.39, 0.29) is 18.4 Å². The lowest BCUT2D eigenvalue weighted by molar-refractivity contribution is -0.124. The molecular formula is C16H22FNO2. The van der Waals surface area contributed by atoms with E-state index in [1.165, 1.54) is 24.6 Å². The summed E-state index contributed by atoms with van der Waals surface area (Å²) in [4.78, 5) is 11.9. The molecule has 1 saturated carbocycles. The van der Waals surface area contributed by atoms with Crippen molar-refractivity contribution in [1.29, 1.82) is 0 Å². The predicted octanol–water partition coefficient (Wildman–Crippen LogP) is 2.94. The molecule has 0 spiro atoms. The highest BCUT2D eigenvalue weighted by atomic mass is 19.1. The fourth-order valence-electron chi connectivity index (χ4n) is 2.86. The maximum absolute atomic E-state index is 13.1. The molecule has 4 heteroatoms. The number of hydrogen-bond acceptors (Lipinski definition) is 2. The quantitative estimate of drug-likeness (QED) is 0.890. The lowest BCUT2D eigenvalue weighted by Gasteiger charge is -2.27. The van der Waals surface area contributed by atoms with E-state index in [9.17, 15) is 14.3 Å². The summed E-state index contributed by atoms with van der Waals surface area (Å²) < 4.78 is 13.1. The molecule has 1 aromatic carbocycles. The van der Waals surface area contributed by atoms with Crippen molar-refractivity contribution in [2.75, 3.05) is 0 Å². The Morgan fingerprint density at radius 1 is 1.50 bits per heavy atom. The number of rotatable bonds is 4. The molecule has 3 atom stereocenters. The van der Waals surface area contributed by atoms with Crippen molar-refractivity contribution in [3.63, 3.8) is 0 Å². The summed E-state index contributed by atoms with van der Waals surface area (Å²) >= 11 is 0. The zero-order valence-electron chi connectivity index (χ0n) is 11.8. The summed E-state index contributed by atoms with van der Waals surface area (Å²) in [6.45, 7) is 2.19. The van der Waals surface area contributed by atoms with Crippen LogP contribution in [0.1, 0.15) is 50.7 Å². The fourth-order valence-corrected chi connectivity index (χ4v) is 2.86. The molecule has 0 radical (unpaired) electrons. The molecule has 1 fully saturated rings. The van der Waals surface area contributed by atoms with Crippen LogP contribution in [0.25, 0.3) is 0 Å². The molecule has 1 aromatic rings. The van der Waals surface area contributed by atoms with E-state index in [0.717, 1.165) is 19.3 Å². The number of nitrogens with one attached hydrogen (secondary N) is 1. The van der Waals surface area contributed by atoms with Gasteiger partial charge in [-0.2, -0.15) is 0 Å². The molecular weight excluding hydrogens is 257 g/mol. The Labute approximate surface area is 119 Å². The van der Waals surface area contributed by atoms with E-state index in [1.54, 1.807) is 6.07 Å². The third-order valence-corrected chi connectivity index (χ3v) is 3.91. The first-order valence-electron chi connectivity index (χ1n) is 7.27. The zero-order chi connectivity index (χ0) is 14.5. The molecule has 20 heavy (non-hydrogen) atoms. The number of aliphatic hydroxyl groups excluding tert-OH is 1. The van der Waals surface area contributed by atoms with Crippen molar-refractivity contribution in [2.24, 2.45) is 5.92 Å². The van der Waals surface area contributed by atoms with Gasteiger partial charge in [0.25, 0.3) is 0 Å². The normalized spacial score (nSPS) is 24.1. The lowest BCUT2D eigenvalue weighted by Crippen LogP contribution is -2.38. The van der Waals surface area contributed by atoms with Gasteiger partial charge in [0.2, 0.25) is 5.91 Å². The maximum atomic E-state index is 13.1. The molecule has 0 heterocycles. The Balaban J connectivity index is 1.84. The molecule has 110 valence electrons.